The molecule has 160 valence electrons. The van der Waals surface area contributed by atoms with Crippen LogP contribution in [0, 0.1) is 0 Å². The summed E-state index contributed by atoms with van der Waals surface area (Å²) in [5, 5.41) is 0. The number of benzene rings is 2. The molecule has 2 aromatic rings. The van der Waals surface area contributed by atoms with Crippen LogP contribution in [-0.4, -0.2) is 62.4 Å². The molecule has 0 spiro atoms. The molecule has 0 N–H and O–H groups in total. The van der Waals surface area contributed by atoms with Crippen LogP contribution in [0.3, 0.4) is 0 Å². The van der Waals surface area contributed by atoms with Gasteiger partial charge in [0, 0.05) is 12.3 Å². The minimum Gasteiger partial charge on any atom is -0.453 e. The van der Waals surface area contributed by atoms with Crippen LogP contribution in [0.2, 0.25) is 26.2 Å². The molecule has 0 radical (unpaired) electrons. The van der Waals surface area contributed by atoms with Crippen LogP contribution in [0.5, 0.6) is 0 Å². The van der Waals surface area contributed by atoms with E-state index in [1.54, 1.807) is 48.5 Å². The molecular formula is C22H24N2O5Si2. The van der Waals surface area contributed by atoms with Crippen LogP contribution in [0.4, 0.5) is 0 Å². The lowest BCUT2D eigenvalue weighted by Crippen LogP contribution is -2.57. The van der Waals surface area contributed by atoms with E-state index in [2.05, 4.69) is 0 Å². The molecule has 2 aliphatic heterocycles. The summed E-state index contributed by atoms with van der Waals surface area (Å²) in [6.07, 6.45) is 0.440. The average Bonchev–Trinajstić information content (AvgIpc) is 3.08. The van der Waals surface area contributed by atoms with Gasteiger partial charge >= 0.3 is 0 Å². The molecule has 4 rings (SSSR count). The van der Waals surface area contributed by atoms with Crippen molar-refractivity contribution in [2.75, 3.05) is 12.3 Å². The number of fused-ring (bicyclic) bond motifs is 2. The van der Waals surface area contributed by atoms with E-state index in [9.17, 15) is 19.2 Å². The Labute approximate surface area is 182 Å². The van der Waals surface area contributed by atoms with Crippen LogP contribution < -0.4 is 0 Å². The predicted octanol–water partition coefficient (Wildman–Crippen LogP) is 3.08. The van der Waals surface area contributed by atoms with Crippen molar-refractivity contribution in [1.29, 1.82) is 0 Å². The van der Waals surface area contributed by atoms with Gasteiger partial charge in [0.1, 0.15) is 0 Å². The molecule has 2 aliphatic rings. The number of carbonyl (C=O) groups is 4. The fourth-order valence-corrected chi connectivity index (χ4v) is 12.9. The average molecular weight is 453 g/mol. The number of hydrogen-bond donors (Lipinski definition) is 0. The monoisotopic (exact) mass is 452 g/mol. The Morgan fingerprint density at radius 3 is 1.10 bits per heavy atom. The highest BCUT2D eigenvalue weighted by Crippen LogP contribution is 2.28. The Bertz CT molecular complexity index is 971. The number of amides is 4. The minimum atomic E-state index is -2.53. The zero-order chi connectivity index (χ0) is 22.6. The van der Waals surface area contributed by atoms with E-state index in [4.69, 9.17) is 4.12 Å². The van der Waals surface area contributed by atoms with Crippen LogP contribution in [0.25, 0.3) is 0 Å². The molecule has 31 heavy (non-hydrogen) atoms. The van der Waals surface area contributed by atoms with Gasteiger partial charge in [0.25, 0.3) is 23.6 Å². The van der Waals surface area contributed by atoms with Gasteiger partial charge in [0.2, 0.25) is 0 Å². The van der Waals surface area contributed by atoms with Gasteiger partial charge in [-0.1, -0.05) is 24.3 Å². The summed E-state index contributed by atoms with van der Waals surface area (Å²) >= 11 is 0. The molecule has 0 aromatic heterocycles. The Hall–Kier alpha value is -2.89. The van der Waals surface area contributed by atoms with Crippen LogP contribution in [0.15, 0.2) is 48.5 Å². The molecule has 0 unspecified atom stereocenters. The molecule has 9 heteroatoms. The first-order chi connectivity index (χ1) is 14.5. The molecule has 2 aromatic carbocycles. The lowest BCUT2D eigenvalue weighted by Gasteiger charge is -2.37. The maximum atomic E-state index is 12.7. The first kappa shape index (κ1) is 21.3. The van der Waals surface area contributed by atoms with Crippen molar-refractivity contribution in [3.63, 3.8) is 0 Å². The number of carbonyl (C=O) groups excluding carboxylic acids is 4. The zero-order valence-corrected chi connectivity index (χ0v) is 20.0. The van der Waals surface area contributed by atoms with Gasteiger partial charge in [0.05, 0.1) is 22.3 Å². The molecule has 0 atom stereocenters. The largest absolute Gasteiger partial charge is 0.453 e. The molecule has 0 saturated carbocycles. The summed E-state index contributed by atoms with van der Waals surface area (Å²) in [5.41, 5.74) is 1.67. The quantitative estimate of drug-likeness (QED) is 0.497. The molecule has 0 saturated heterocycles. The summed E-state index contributed by atoms with van der Waals surface area (Å²) in [4.78, 5) is 53.4. The Morgan fingerprint density at radius 2 is 0.839 bits per heavy atom. The number of hydrogen-bond acceptors (Lipinski definition) is 5. The van der Waals surface area contributed by atoms with Crippen molar-refractivity contribution in [3.8, 4) is 0 Å². The van der Waals surface area contributed by atoms with Gasteiger partial charge in [-0.25, -0.2) is 0 Å². The predicted molar refractivity (Wildman–Crippen MR) is 120 cm³/mol. The van der Waals surface area contributed by atoms with Crippen molar-refractivity contribution >= 4 is 40.3 Å². The van der Waals surface area contributed by atoms with Crippen LogP contribution >= 0.6 is 0 Å². The standard InChI is InChI=1S/C22H24N2O5Si2/c1-30(2,13-23-19(25)15-9-5-6-10-16(15)20(23)26)29-31(3,4)14-24-21(27)17-11-7-8-12-18(17)22(24)28/h5-12H,13-14H2,1-4H3. The fraction of sp³-hybridized carbons (Fsp3) is 0.273. The second-order valence-corrected chi connectivity index (χ2v) is 17.6. The van der Waals surface area contributed by atoms with Crippen LogP contribution in [0.1, 0.15) is 41.4 Å². The van der Waals surface area contributed by atoms with Crippen molar-refractivity contribution < 1.29 is 23.3 Å². The van der Waals surface area contributed by atoms with Gasteiger partial charge in [-0.05, 0) is 50.5 Å². The summed E-state index contributed by atoms with van der Waals surface area (Å²) in [6, 6.07) is 13.6. The lowest BCUT2D eigenvalue weighted by atomic mass is 10.1. The molecule has 0 aliphatic carbocycles. The van der Waals surface area contributed by atoms with E-state index >= 15 is 0 Å². The maximum Gasteiger partial charge on any atom is 0.261 e. The summed E-state index contributed by atoms with van der Waals surface area (Å²) in [5.74, 6) is -1.21. The van der Waals surface area contributed by atoms with Crippen molar-refractivity contribution in [3.05, 3.63) is 70.8 Å². The first-order valence-electron chi connectivity index (χ1n) is 10.1. The van der Waals surface area contributed by atoms with Gasteiger partial charge in [-0.3, -0.25) is 29.0 Å². The van der Waals surface area contributed by atoms with Gasteiger partial charge in [-0.15, -0.1) is 0 Å². The van der Waals surface area contributed by atoms with Gasteiger partial charge in [-0.2, -0.15) is 0 Å². The Morgan fingerprint density at radius 1 is 0.581 bits per heavy atom. The fourth-order valence-electron chi connectivity index (χ4n) is 4.34. The van der Waals surface area contributed by atoms with E-state index in [0.29, 0.717) is 22.3 Å². The third-order valence-electron chi connectivity index (χ3n) is 5.39. The molecular weight excluding hydrogens is 428 g/mol. The van der Waals surface area contributed by atoms with Crippen molar-refractivity contribution in [2.24, 2.45) is 0 Å². The maximum absolute atomic E-state index is 12.7. The highest BCUT2D eigenvalue weighted by molar-refractivity contribution is 6.85. The van der Waals surface area contributed by atoms with Gasteiger partial charge in [0.15, 0.2) is 16.6 Å². The van der Waals surface area contributed by atoms with E-state index in [0.717, 1.165) is 0 Å². The van der Waals surface area contributed by atoms with Crippen molar-refractivity contribution in [2.45, 2.75) is 26.2 Å². The first-order valence-corrected chi connectivity index (χ1v) is 16.3. The summed E-state index contributed by atoms with van der Waals surface area (Å²) < 4.78 is 6.53. The van der Waals surface area contributed by atoms with E-state index in [-0.39, 0.29) is 36.0 Å². The van der Waals surface area contributed by atoms with Crippen LogP contribution in [-0.2, 0) is 4.12 Å². The Kier molecular flexibility index (Phi) is 5.07. The topological polar surface area (TPSA) is 84.0 Å². The second-order valence-electron chi connectivity index (χ2n) is 9.11. The third kappa shape index (κ3) is 3.80. The van der Waals surface area contributed by atoms with E-state index < -0.39 is 16.6 Å². The van der Waals surface area contributed by atoms with Crippen molar-refractivity contribution in [1.82, 2.24) is 9.80 Å². The smallest absolute Gasteiger partial charge is 0.261 e. The SMILES string of the molecule is C[Si](C)(CN1C(=O)c2ccccc2C1=O)O[Si](C)(C)CN1C(=O)c2ccccc2C1=O. The summed E-state index contributed by atoms with van der Waals surface area (Å²) in [6.45, 7) is 7.81. The molecule has 7 nitrogen and oxygen atoms in total. The normalized spacial score (nSPS) is 16.3. The lowest BCUT2D eigenvalue weighted by molar-refractivity contribution is 0.0664. The van der Waals surface area contributed by atoms with E-state index in [1.807, 2.05) is 26.2 Å². The number of imide groups is 2. The minimum absolute atomic E-state index is 0.220. The Balaban J connectivity index is 1.47. The highest BCUT2D eigenvalue weighted by Gasteiger charge is 2.45. The molecule has 4 amide bonds. The number of rotatable bonds is 6. The molecule has 0 bridgehead atoms. The van der Waals surface area contributed by atoms with E-state index in [1.165, 1.54) is 9.80 Å². The highest BCUT2D eigenvalue weighted by atomic mass is 28.4. The second kappa shape index (κ2) is 7.36. The number of nitrogens with zero attached hydrogens (tertiary/aromatic N) is 2. The third-order valence-corrected chi connectivity index (χ3v) is 12.0. The zero-order valence-electron chi connectivity index (χ0n) is 18.0. The molecule has 2 heterocycles. The van der Waals surface area contributed by atoms with Gasteiger partial charge < -0.3 is 4.12 Å². The summed E-state index contributed by atoms with van der Waals surface area (Å²) in [7, 11) is -5.05. The molecule has 0 fully saturated rings.